The highest BCUT2D eigenvalue weighted by Gasteiger charge is 2.10. The number of Topliss-reactive ketones (excluding diaryl/α,β-unsaturated/α-hetero) is 1. The van der Waals surface area contributed by atoms with E-state index in [9.17, 15) is 4.79 Å². The Morgan fingerprint density at radius 1 is 1.27 bits per heavy atom. The van der Waals surface area contributed by atoms with E-state index >= 15 is 0 Å². The minimum absolute atomic E-state index is 0.156. The molecule has 15 heavy (non-hydrogen) atoms. The van der Waals surface area contributed by atoms with Crippen LogP contribution in [0.25, 0.3) is 6.08 Å². The minimum atomic E-state index is 0.156. The van der Waals surface area contributed by atoms with Crippen LogP contribution >= 0.6 is 0 Å². The SMILES string of the molecule is CC.CC(=O)c1cccc2c1C=CCC2. The molecule has 80 valence electrons. The molecule has 0 N–H and O–H groups in total. The van der Waals surface area contributed by atoms with E-state index in [1.807, 2.05) is 26.0 Å². The van der Waals surface area contributed by atoms with Crippen LogP contribution in [0, 0.1) is 0 Å². The maximum Gasteiger partial charge on any atom is 0.160 e. The zero-order valence-electron chi connectivity index (χ0n) is 9.71. The summed E-state index contributed by atoms with van der Waals surface area (Å²) < 4.78 is 0. The van der Waals surface area contributed by atoms with Gasteiger partial charge in [0.15, 0.2) is 5.78 Å². The van der Waals surface area contributed by atoms with Crippen LogP contribution in [0.1, 0.15) is 48.7 Å². The van der Waals surface area contributed by atoms with Gasteiger partial charge in [0.25, 0.3) is 0 Å². The Morgan fingerprint density at radius 2 is 2.00 bits per heavy atom. The van der Waals surface area contributed by atoms with Gasteiger partial charge in [-0.05, 0) is 30.9 Å². The van der Waals surface area contributed by atoms with Gasteiger partial charge in [-0.2, -0.15) is 0 Å². The molecular weight excluding hydrogens is 184 g/mol. The van der Waals surface area contributed by atoms with E-state index in [0.717, 1.165) is 24.0 Å². The van der Waals surface area contributed by atoms with Crippen molar-refractivity contribution in [1.82, 2.24) is 0 Å². The van der Waals surface area contributed by atoms with Crippen molar-refractivity contribution in [3.8, 4) is 0 Å². The van der Waals surface area contributed by atoms with Crippen molar-refractivity contribution in [2.45, 2.75) is 33.6 Å². The maximum absolute atomic E-state index is 11.3. The second-order valence-electron chi connectivity index (χ2n) is 3.38. The van der Waals surface area contributed by atoms with Gasteiger partial charge in [0.1, 0.15) is 0 Å². The molecule has 1 aromatic carbocycles. The number of hydrogen-bond acceptors (Lipinski definition) is 1. The number of benzene rings is 1. The maximum atomic E-state index is 11.3. The number of carbonyl (C=O) groups is 1. The molecule has 0 heterocycles. The minimum Gasteiger partial charge on any atom is -0.294 e. The van der Waals surface area contributed by atoms with E-state index in [-0.39, 0.29) is 5.78 Å². The fraction of sp³-hybridized carbons (Fsp3) is 0.357. The Balaban J connectivity index is 0.000000531. The van der Waals surface area contributed by atoms with Crippen LogP contribution in [0.5, 0.6) is 0 Å². The van der Waals surface area contributed by atoms with Gasteiger partial charge in [-0.25, -0.2) is 0 Å². The van der Waals surface area contributed by atoms with Crippen LogP contribution in [0.15, 0.2) is 24.3 Å². The average Bonchev–Trinajstić information content (AvgIpc) is 2.31. The van der Waals surface area contributed by atoms with Gasteiger partial charge in [-0.1, -0.05) is 44.2 Å². The van der Waals surface area contributed by atoms with Crippen molar-refractivity contribution in [1.29, 1.82) is 0 Å². The van der Waals surface area contributed by atoms with Crippen LogP contribution in [-0.2, 0) is 6.42 Å². The standard InChI is InChI=1S/C12H12O.C2H6/c1-9(13)11-8-4-6-10-5-2-3-7-12(10)11;1-2/h3-4,6-8H,2,5H2,1H3;1-2H3. The van der Waals surface area contributed by atoms with Gasteiger partial charge in [-0.15, -0.1) is 0 Å². The summed E-state index contributed by atoms with van der Waals surface area (Å²) in [5, 5.41) is 0. The molecular formula is C14H18O. The molecule has 0 aliphatic heterocycles. The summed E-state index contributed by atoms with van der Waals surface area (Å²) in [5.41, 5.74) is 3.28. The molecule has 1 aliphatic carbocycles. The quantitative estimate of drug-likeness (QED) is 0.632. The monoisotopic (exact) mass is 202 g/mol. The molecule has 0 bridgehead atoms. The lowest BCUT2D eigenvalue weighted by molar-refractivity contribution is 0.101. The summed E-state index contributed by atoms with van der Waals surface area (Å²) in [7, 11) is 0. The van der Waals surface area contributed by atoms with Crippen molar-refractivity contribution in [2.24, 2.45) is 0 Å². The van der Waals surface area contributed by atoms with Crippen molar-refractivity contribution < 1.29 is 4.79 Å². The fourth-order valence-corrected chi connectivity index (χ4v) is 1.77. The molecule has 0 amide bonds. The molecule has 1 nitrogen and oxygen atoms in total. The number of allylic oxidation sites excluding steroid dienone is 1. The first-order chi connectivity index (χ1) is 7.29. The summed E-state index contributed by atoms with van der Waals surface area (Å²) >= 11 is 0. The Morgan fingerprint density at radius 3 is 2.67 bits per heavy atom. The van der Waals surface area contributed by atoms with Crippen LogP contribution in [0.4, 0.5) is 0 Å². The van der Waals surface area contributed by atoms with Crippen molar-refractivity contribution >= 4 is 11.9 Å². The highest BCUT2D eigenvalue weighted by atomic mass is 16.1. The number of aryl methyl sites for hydroxylation is 1. The summed E-state index contributed by atoms with van der Waals surface area (Å²) in [4.78, 5) is 11.3. The molecule has 0 fully saturated rings. The van der Waals surface area contributed by atoms with Gasteiger partial charge in [0, 0.05) is 5.56 Å². The smallest absolute Gasteiger partial charge is 0.160 e. The lowest BCUT2D eigenvalue weighted by atomic mass is 9.92. The third-order valence-corrected chi connectivity index (χ3v) is 2.44. The van der Waals surface area contributed by atoms with E-state index < -0.39 is 0 Å². The van der Waals surface area contributed by atoms with E-state index in [0.29, 0.717) is 0 Å². The molecule has 1 aromatic rings. The molecule has 0 saturated heterocycles. The first-order valence-electron chi connectivity index (χ1n) is 5.58. The van der Waals surface area contributed by atoms with Gasteiger partial charge in [0.2, 0.25) is 0 Å². The molecule has 0 radical (unpaired) electrons. The van der Waals surface area contributed by atoms with E-state index in [1.165, 1.54) is 5.56 Å². The summed E-state index contributed by atoms with van der Waals surface area (Å²) in [6.45, 7) is 5.62. The zero-order chi connectivity index (χ0) is 11.3. The van der Waals surface area contributed by atoms with Gasteiger partial charge < -0.3 is 0 Å². The molecule has 0 saturated carbocycles. The second kappa shape index (κ2) is 5.50. The third kappa shape index (κ3) is 2.56. The molecule has 0 atom stereocenters. The molecule has 0 aromatic heterocycles. The number of ketones is 1. The largest absolute Gasteiger partial charge is 0.294 e. The highest BCUT2D eigenvalue weighted by Crippen LogP contribution is 2.22. The first-order valence-corrected chi connectivity index (χ1v) is 5.58. The topological polar surface area (TPSA) is 17.1 Å². The van der Waals surface area contributed by atoms with Crippen molar-refractivity contribution in [3.63, 3.8) is 0 Å². The van der Waals surface area contributed by atoms with Gasteiger partial charge in [0.05, 0.1) is 0 Å². The van der Waals surface area contributed by atoms with E-state index in [1.54, 1.807) is 6.92 Å². The zero-order valence-corrected chi connectivity index (χ0v) is 9.71. The molecule has 0 spiro atoms. The Kier molecular flexibility index (Phi) is 4.29. The number of rotatable bonds is 1. The second-order valence-corrected chi connectivity index (χ2v) is 3.38. The van der Waals surface area contributed by atoms with Crippen molar-refractivity contribution in [3.05, 3.63) is 41.0 Å². The van der Waals surface area contributed by atoms with E-state index in [4.69, 9.17) is 0 Å². The molecule has 1 aliphatic rings. The van der Waals surface area contributed by atoms with Gasteiger partial charge in [-0.3, -0.25) is 4.79 Å². The highest BCUT2D eigenvalue weighted by molar-refractivity contribution is 5.98. The van der Waals surface area contributed by atoms with Crippen molar-refractivity contribution in [2.75, 3.05) is 0 Å². The van der Waals surface area contributed by atoms with Gasteiger partial charge >= 0.3 is 0 Å². The normalized spacial score (nSPS) is 12.5. The number of fused-ring (bicyclic) bond motifs is 1. The molecule has 1 heteroatoms. The fourth-order valence-electron chi connectivity index (χ4n) is 1.77. The first kappa shape index (κ1) is 11.7. The Labute approximate surface area is 91.8 Å². The van der Waals surface area contributed by atoms with Crippen LogP contribution < -0.4 is 0 Å². The Bertz CT molecular complexity index is 375. The summed E-state index contributed by atoms with van der Waals surface area (Å²) in [6, 6.07) is 5.97. The lowest BCUT2D eigenvalue weighted by Crippen LogP contribution is -2.02. The molecule has 0 unspecified atom stereocenters. The Hall–Kier alpha value is -1.37. The predicted molar refractivity (Wildman–Crippen MR) is 65.1 cm³/mol. The predicted octanol–water partition coefficient (Wildman–Crippen LogP) is 3.87. The number of hydrogen-bond donors (Lipinski definition) is 0. The van der Waals surface area contributed by atoms with Crippen LogP contribution in [-0.4, -0.2) is 5.78 Å². The van der Waals surface area contributed by atoms with Crippen LogP contribution in [0.2, 0.25) is 0 Å². The molecule has 2 rings (SSSR count). The lowest BCUT2D eigenvalue weighted by Gasteiger charge is -2.12. The van der Waals surface area contributed by atoms with Crippen LogP contribution in [0.3, 0.4) is 0 Å². The average molecular weight is 202 g/mol. The van der Waals surface area contributed by atoms with E-state index in [2.05, 4.69) is 18.2 Å². The third-order valence-electron chi connectivity index (χ3n) is 2.44. The summed E-state index contributed by atoms with van der Waals surface area (Å²) in [6.07, 6.45) is 6.35. The number of carbonyl (C=O) groups excluding carboxylic acids is 1. The summed E-state index contributed by atoms with van der Waals surface area (Å²) in [5.74, 6) is 0.156.